The van der Waals surface area contributed by atoms with E-state index in [1.807, 2.05) is 0 Å². The molecule has 2 aromatic rings. The summed E-state index contributed by atoms with van der Waals surface area (Å²) >= 11 is 7.73. The molecule has 0 radical (unpaired) electrons. The monoisotopic (exact) mass is 300 g/mol. The molecule has 1 aromatic heterocycles. The van der Waals surface area contributed by atoms with Crippen LogP contribution in [0, 0.1) is 0 Å². The Bertz CT molecular complexity index is 602. The van der Waals surface area contributed by atoms with Gasteiger partial charge in [0.2, 0.25) is 0 Å². The van der Waals surface area contributed by atoms with E-state index in [9.17, 15) is 0 Å². The number of nitrogens with one attached hydrogen (secondary N) is 1. The molecule has 1 N–H and O–H groups in total. The Morgan fingerprint density at radius 1 is 1.47 bits per heavy atom. The molecule has 0 amide bonds. The van der Waals surface area contributed by atoms with Gasteiger partial charge in [-0.15, -0.1) is 0 Å². The molecule has 0 spiro atoms. The van der Waals surface area contributed by atoms with Crippen LogP contribution < -0.4 is 14.8 Å². The van der Waals surface area contributed by atoms with Crippen LogP contribution in [-0.4, -0.2) is 38.5 Å². The van der Waals surface area contributed by atoms with Gasteiger partial charge in [0, 0.05) is 19.7 Å². The van der Waals surface area contributed by atoms with E-state index >= 15 is 0 Å². The average molecular weight is 301 g/mol. The van der Waals surface area contributed by atoms with Crippen molar-refractivity contribution in [3.05, 3.63) is 11.1 Å². The zero-order chi connectivity index (χ0) is 13.2. The van der Waals surface area contributed by atoms with Gasteiger partial charge in [0.25, 0.3) is 0 Å². The first-order valence-corrected chi connectivity index (χ1v) is 7.10. The van der Waals surface area contributed by atoms with Crippen LogP contribution in [0.25, 0.3) is 10.2 Å². The highest BCUT2D eigenvalue weighted by Gasteiger charge is 2.21. The minimum atomic E-state index is 0.548. The van der Waals surface area contributed by atoms with Crippen LogP contribution in [-0.2, 0) is 4.74 Å². The van der Waals surface area contributed by atoms with Gasteiger partial charge in [0.15, 0.2) is 16.6 Å². The maximum atomic E-state index is 6.22. The minimum Gasteiger partial charge on any atom is -0.486 e. The lowest BCUT2D eigenvalue weighted by Crippen LogP contribution is -2.15. The molecule has 0 saturated heterocycles. The van der Waals surface area contributed by atoms with E-state index in [2.05, 4.69) is 10.3 Å². The number of nitrogens with zero attached hydrogens (tertiary/aromatic N) is 1. The van der Waals surface area contributed by atoms with E-state index in [0.29, 0.717) is 37.1 Å². The minimum absolute atomic E-state index is 0.548. The number of ether oxygens (including phenoxy) is 3. The largest absolute Gasteiger partial charge is 0.486 e. The molecule has 1 aliphatic rings. The van der Waals surface area contributed by atoms with Gasteiger partial charge < -0.3 is 19.5 Å². The second-order valence-corrected chi connectivity index (χ2v) is 5.41. The van der Waals surface area contributed by atoms with Crippen molar-refractivity contribution < 1.29 is 14.2 Å². The summed E-state index contributed by atoms with van der Waals surface area (Å²) < 4.78 is 17.1. The Morgan fingerprint density at radius 2 is 2.32 bits per heavy atom. The molecule has 0 aliphatic carbocycles. The molecule has 1 aliphatic heterocycles. The van der Waals surface area contributed by atoms with Crippen LogP contribution in [0.4, 0.5) is 5.13 Å². The van der Waals surface area contributed by atoms with Crippen molar-refractivity contribution in [2.24, 2.45) is 0 Å². The third kappa shape index (κ3) is 2.43. The summed E-state index contributed by atoms with van der Waals surface area (Å²) in [6.07, 6.45) is 0. The number of fused-ring (bicyclic) bond motifs is 3. The van der Waals surface area contributed by atoms with E-state index in [1.165, 1.54) is 11.3 Å². The van der Waals surface area contributed by atoms with Crippen LogP contribution in [0.5, 0.6) is 11.5 Å². The second kappa shape index (κ2) is 5.40. The second-order valence-electron chi connectivity index (χ2n) is 4.00. The van der Waals surface area contributed by atoms with E-state index in [0.717, 1.165) is 21.1 Å². The molecule has 0 unspecified atom stereocenters. The number of hydrogen-bond acceptors (Lipinski definition) is 6. The van der Waals surface area contributed by atoms with Crippen molar-refractivity contribution in [1.82, 2.24) is 4.98 Å². The Balaban J connectivity index is 1.99. The van der Waals surface area contributed by atoms with Gasteiger partial charge in [-0.3, -0.25) is 0 Å². The van der Waals surface area contributed by atoms with E-state index in [-0.39, 0.29) is 0 Å². The van der Waals surface area contributed by atoms with Gasteiger partial charge in [0.1, 0.15) is 23.4 Å². The highest BCUT2D eigenvalue weighted by Crippen LogP contribution is 2.45. The Kier molecular flexibility index (Phi) is 3.63. The zero-order valence-corrected chi connectivity index (χ0v) is 11.9. The first-order valence-electron chi connectivity index (χ1n) is 5.91. The molecule has 0 bridgehead atoms. The lowest BCUT2D eigenvalue weighted by atomic mass is 10.3. The Hall–Kier alpha value is -1.24. The molecule has 19 heavy (non-hydrogen) atoms. The van der Waals surface area contributed by atoms with Gasteiger partial charge >= 0.3 is 0 Å². The lowest BCUT2D eigenvalue weighted by molar-refractivity contribution is 0.174. The zero-order valence-electron chi connectivity index (χ0n) is 10.4. The van der Waals surface area contributed by atoms with Crippen LogP contribution in [0.15, 0.2) is 6.07 Å². The summed E-state index contributed by atoms with van der Waals surface area (Å²) in [5, 5.41) is 4.58. The number of benzene rings is 1. The first-order chi connectivity index (χ1) is 9.29. The van der Waals surface area contributed by atoms with E-state index < -0.39 is 0 Å². The topological polar surface area (TPSA) is 52.6 Å². The molecule has 3 rings (SSSR count). The maximum Gasteiger partial charge on any atom is 0.184 e. The van der Waals surface area contributed by atoms with Crippen molar-refractivity contribution in [3.8, 4) is 11.5 Å². The number of anilines is 1. The Labute approximate surface area is 119 Å². The molecule has 0 saturated carbocycles. The Morgan fingerprint density at radius 3 is 3.16 bits per heavy atom. The average Bonchev–Trinajstić information content (AvgIpc) is 2.84. The molecule has 0 fully saturated rings. The number of aromatic nitrogens is 1. The SMILES string of the molecule is COCCNc1nc2c(Cl)cc3c(c2s1)OCCO3. The fourth-order valence-electron chi connectivity index (χ4n) is 1.87. The molecule has 0 atom stereocenters. The summed E-state index contributed by atoms with van der Waals surface area (Å²) in [5.41, 5.74) is 0.746. The first kappa shape index (κ1) is 12.8. The third-order valence-corrected chi connectivity index (χ3v) is 4.01. The van der Waals surface area contributed by atoms with Gasteiger partial charge in [-0.05, 0) is 0 Å². The smallest absolute Gasteiger partial charge is 0.184 e. The summed E-state index contributed by atoms with van der Waals surface area (Å²) in [4.78, 5) is 4.48. The highest BCUT2D eigenvalue weighted by atomic mass is 35.5. The third-order valence-electron chi connectivity index (χ3n) is 2.71. The molecular formula is C12H13ClN2O3S. The van der Waals surface area contributed by atoms with E-state index in [4.69, 9.17) is 25.8 Å². The van der Waals surface area contributed by atoms with Gasteiger partial charge in [-0.25, -0.2) is 4.98 Å². The molecule has 1 aromatic carbocycles. The molecule has 2 heterocycles. The van der Waals surface area contributed by atoms with Gasteiger partial charge in [0.05, 0.1) is 11.6 Å². The fourth-order valence-corrected chi connectivity index (χ4v) is 3.17. The summed E-state index contributed by atoms with van der Waals surface area (Å²) in [7, 11) is 1.67. The quantitative estimate of drug-likeness (QED) is 0.880. The van der Waals surface area contributed by atoms with Crippen LogP contribution >= 0.6 is 22.9 Å². The number of hydrogen-bond donors (Lipinski definition) is 1. The molecule has 5 nitrogen and oxygen atoms in total. The molecule has 7 heteroatoms. The van der Waals surface area contributed by atoms with E-state index in [1.54, 1.807) is 13.2 Å². The van der Waals surface area contributed by atoms with Crippen LogP contribution in [0.3, 0.4) is 0 Å². The predicted molar refractivity (Wildman–Crippen MR) is 76.0 cm³/mol. The summed E-state index contributed by atoms with van der Waals surface area (Å²) in [6.45, 7) is 2.43. The van der Waals surface area contributed by atoms with Gasteiger partial charge in [-0.2, -0.15) is 0 Å². The predicted octanol–water partition coefficient (Wildman–Crippen LogP) is 2.78. The van der Waals surface area contributed by atoms with Crippen molar-refractivity contribution >= 4 is 38.3 Å². The fraction of sp³-hybridized carbons (Fsp3) is 0.417. The van der Waals surface area contributed by atoms with Gasteiger partial charge in [-0.1, -0.05) is 22.9 Å². The molecule has 102 valence electrons. The molecular weight excluding hydrogens is 288 g/mol. The normalized spacial score (nSPS) is 13.8. The van der Waals surface area contributed by atoms with Crippen molar-refractivity contribution in [3.63, 3.8) is 0 Å². The summed E-state index contributed by atoms with van der Waals surface area (Å²) in [6, 6.07) is 1.76. The number of methoxy groups -OCH3 is 1. The van der Waals surface area contributed by atoms with Crippen LogP contribution in [0.2, 0.25) is 5.02 Å². The van der Waals surface area contributed by atoms with Crippen LogP contribution in [0.1, 0.15) is 0 Å². The maximum absolute atomic E-state index is 6.22. The number of rotatable bonds is 4. The van der Waals surface area contributed by atoms with Crippen molar-refractivity contribution in [1.29, 1.82) is 0 Å². The van der Waals surface area contributed by atoms with Crippen molar-refractivity contribution in [2.75, 3.05) is 38.8 Å². The number of thiazole rings is 1. The summed E-state index contributed by atoms with van der Waals surface area (Å²) in [5.74, 6) is 1.43. The number of halogens is 1. The lowest BCUT2D eigenvalue weighted by Gasteiger charge is -2.18. The van der Waals surface area contributed by atoms with Crippen molar-refractivity contribution in [2.45, 2.75) is 0 Å². The standard InChI is InChI=1S/C12H13ClN2O3S/c1-16-3-2-14-12-15-9-7(13)6-8-10(11(9)19-12)18-5-4-17-8/h6H,2-5H2,1H3,(H,14,15). The highest BCUT2D eigenvalue weighted by molar-refractivity contribution is 7.22.